The molecule has 2 aromatic heterocycles. The van der Waals surface area contributed by atoms with Crippen LogP contribution in [0.1, 0.15) is 22.1 Å². The molecule has 7 nitrogen and oxygen atoms in total. The van der Waals surface area contributed by atoms with Gasteiger partial charge in [0.2, 0.25) is 5.28 Å². The lowest BCUT2D eigenvalue weighted by Gasteiger charge is -2.27. The number of rotatable bonds is 11. The van der Waals surface area contributed by atoms with Crippen LogP contribution in [0.2, 0.25) is 10.4 Å². The van der Waals surface area contributed by atoms with Crippen molar-refractivity contribution in [2.45, 2.75) is 42.7 Å². The third-order valence-corrected chi connectivity index (χ3v) is 8.84. The van der Waals surface area contributed by atoms with E-state index in [0.29, 0.717) is 37.6 Å². The number of aromatic nitrogens is 4. The quantitative estimate of drug-likeness (QED) is 0.117. The Balaban J connectivity index is 1.31. The molecule has 0 N–H and O–H groups in total. The number of nitrogens with zero attached hydrogens (tertiary/aromatic N) is 4. The molecule has 3 heterocycles. The van der Waals surface area contributed by atoms with Crippen LogP contribution in [-0.2, 0) is 34.0 Å². The fourth-order valence-corrected chi connectivity index (χ4v) is 6.91. The van der Waals surface area contributed by atoms with E-state index in [1.54, 1.807) is 18.1 Å². The molecule has 0 aliphatic carbocycles. The van der Waals surface area contributed by atoms with Crippen molar-refractivity contribution in [2.24, 2.45) is 0 Å². The fourth-order valence-electron chi connectivity index (χ4n) is 4.89. The number of fused-ring (bicyclic) bond motifs is 1. The molecule has 210 valence electrons. The first kappa shape index (κ1) is 28.2. The van der Waals surface area contributed by atoms with Gasteiger partial charge in [0.05, 0.1) is 38.0 Å². The lowest BCUT2D eigenvalue weighted by Crippen LogP contribution is -2.38. The Morgan fingerprint density at radius 1 is 0.707 bits per heavy atom. The van der Waals surface area contributed by atoms with Crippen LogP contribution < -0.4 is 0 Å². The van der Waals surface area contributed by atoms with Gasteiger partial charge >= 0.3 is 0 Å². The molecule has 0 saturated carbocycles. The summed E-state index contributed by atoms with van der Waals surface area (Å²) in [6.07, 6.45) is 1.09. The Morgan fingerprint density at radius 3 is 1.88 bits per heavy atom. The summed E-state index contributed by atoms with van der Waals surface area (Å²) in [5.41, 5.74) is 4.32. The van der Waals surface area contributed by atoms with E-state index < -0.39 is 0 Å². The van der Waals surface area contributed by atoms with E-state index in [1.807, 2.05) is 59.2 Å². The Hall–Kier alpha value is -2.98. The van der Waals surface area contributed by atoms with Gasteiger partial charge in [-0.25, -0.2) is 9.97 Å². The molecule has 5 aromatic rings. The molecular formula is C31H28Cl2N4O3S. The van der Waals surface area contributed by atoms with Gasteiger partial charge in [0, 0.05) is 0 Å². The summed E-state index contributed by atoms with van der Waals surface area (Å²) in [6.45, 7) is 1.86. The largest absolute Gasteiger partial charge is 0.376 e. The molecular weight excluding hydrogens is 579 g/mol. The van der Waals surface area contributed by atoms with Crippen LogP contribution in [0.15, 0.2) is 97.3 Å². The van der Waals surface area contributed by atoms with Crippen LogP contribution in [0.5, 0.6) is 0 Å². The van der Waals surface area contributed by atoms with E-state index in [4.69, 9.17) is 37.4 Å². The van der Waals surface area contributed by atoms with Crippen LogP contribution in [0.3, 0.4) is 0 Å². The highest BCUT2D eigenvalue weighted by molar-refractivity contribution is 8.00. The average molecular weight is 608 g/mol. The molecule has 1 saturated heterocycles. The minimum Gasteiger partial charge on any atom is -0.376 e. The highest BCUT2D eigenvalue weighted by Crippen LogP contribution is 2.47. The van der Waals surface area contributed by atoms with Gasteiger partial charge in [-0.1, -0.05) is 103 Å². The average Bonchev–Trinajstić information content (AvgIpc) is 3.57. The normalized spacial score (nSPS) is 20.5. The van der Waals surface area contributed by atoms with Crippen molar-refractivity contribution in [2.75, 3.05) is 6.61 Å². The third-order valence-electron chi connectivity index (χ3n) is 6.88. The summed E-state index contributed by atoms with van der Waals surface area (Å²) in [7, 11) is 0. The maximum Gasteiger partial charge on any atom is 0.225 e. The molecule has 1 aliphatic rings. The Morgan fingerprint density at radius 2 is 1.27 bits per heavy atom. The number of ether oxygens (including phenoxy) is 3. The van der Waals surface area contributed by atoms with Crippen LogP contribution in [0.4, 0.5) is 0 Å². The van der Waals surface area contributed by atoms with Gasteiger partial charge in [-0.2, -0.15) is 4.98 Å². The predicted molar refractivity (Wildman–Crippen MR) is 162 cm³/mol. The van der Waals surface area contributed by atoms with Gasteiger partial charge in [0.1, 0.15) is 23.1 Å². The SMILES string of the molecule is Clc1nc(Cl)c2ncn([C@@H]3S[C@H](COCc4ccccc4)[C@@H](OCc4ccccc4)[C@@H]3OCc3ccccc3)c2n1. The second-order valence-electron chi connectivity index (χ2n) is 9.70. The molecule has 41 heavy (non-hydrogen) atoms. The van der Waals surface area contributed by atoms with Gasteiger partial charge in [0.25, 0.3) is 0 Å². The van der Waals surface area contributed by atoms with E-state index in [9.17, 15) is 0 Å². The topological polar surface area (TPSA) is 71.3 Å². The maximum absolute atomic E-state index is 6.67. The molecule has 0 spiro atoms. The van der Waals surface area contributed by atoms with Crippen LogP contribution >= 0.6 is 35.0 Å². The molecule has 10 heteroatoms. The van der Waals surface area contributed by atoms with Crippen molar-refractivity contribution >= 4 is 46.1 Å². The van der Waals surface area contributed by atoms with Gasteiger partial charge in [-0.15, -0.1) is 11.8 Å². The summed E-state index contributed by atoms with van der Waals surface area (Å²) >= 11 is 14.3. The molecule has 0 amide bonds. The van der Waals surface area contributed by atoms with E-state index in [2.05, 4.69) is 51.4 Å². The number of benzene rings is 3. The summed E-state index contributed by atoms with van der Waals surface area (Å²) in [4.78, 5) is 13.0. The molecule has 0 radical (unpaired) electrons. The van der Waals surface area contributed by atoms with Gasteiger partial charge in [-0.3, -0.25) is 4.57 Å². The van der Waals surface area contributed by atoms with Crippen LogP contribution in [-0.4, -0.2) is 43.6 Å². The molecule has 3 aromatic carbocycles. The Kier molecular flexibility index (Phi) is 9.16. The zero-order valence-corrected chi connectivity index (χ0v) is 24.4. The number of hydrogen-bond donors (Lipinski definition) is 0. The van der Waals surface area contributed by atoms with Crippen molar-refractivity contribution in [1.82, 2.24) is 19.5 Å². The minimum absolute atomic E-state index is 0.0292. The molecule has 1 fully saturated rings. The van der Waals surface area contributed by atoms with Crippen LogP contribution in [0, 0.1) is 0 Å². The zero-order chi connectivity index (χ0) is 28.0. The first-order valence-corrected chi connectivity index (χ1v) is 15.0. The second kappa shape index (κ2) is 13.3. The van der Waals surface area contributed by atoms with Crippen molar-refractivity contribution < 1.29 is 14.2 Å². The standard InChI is InChI=1S/C31H28Cl2N4O3S/c32-28-25-29(36-31(33)35-28)37(20-34-25)30-27(40-18-23-14-8-3-9-15-23)26(39-17-22-12-6-2-7-13-22)24(41-30)19-38-16-21-10-4-1-5-11-21/h1-15,20,24,26-27,30H,16-19H2/t24-,26-,27+,30-/m1/s1. The molecule has 6 rings (SSSR count). The second-order valence-corrected chi connectivity index (χ2v) is 11.8. The number of thioether (sulfide) groups is 1. The van der Waals surface area contributed by atoms with Crippen molar-refractivity contribution in [3.8, 4) is 0 Å². The highest BCUT2D eigenvalue weighted by atomic mass is 35.5. The predicted octanol–water partition coefficient (Wildman–Crippen LogP) is 7.13. The van der Waals surface area contributed by atoms with Crippen molar-refractivity contribution in [1.29, 1.82) is 0 Å². The zero-order valence-electron chi connectivity index (χ0n) is 22.1. The summed E-state index contributed by atoms with van der Waals surface area (Å²) in [5, 5.41) is 0.0204. The van der Waals surface area contributed by atoms with Gasteiger partial charge in [-0.05, 0) is 28.3 Å². The van der Waals surface area contributed by atoms with E-state index in [1.165, 1.54) is 0 Å². The molecule has 0 bridgehead atoms. The number of hydrogen-bond acceptors (Lipinski definition) is 7. The number of halogens is 2. The summed E-state index contributed by atoms with van der Waals surface area (Å²) < 4.78 is 21.5. The maximum atomic E-state index is 6.67. The Labute approximate surface area is 252 Å². The monoisotopic (exact) mass is 606 g/mol. The molecule has 4 atom stereocenters. The van der Waals surface area contributed by atoms with Crippen molar-refractivity contribution in [3.05, 3.63) is 124 Å². The third kappa shape index (κ3) is 6.75. The van der Waals surface area contributed by atoms with E-state index >= 15 is 0 Å². The Bertz CT molecular complexity index is 1560. The summed E-state index contributed by atoms with van der Waals surface area (Å²) in [6, 6.07) is 30.4. The number of imidazole rings is 1. The van der Waals surface area contributed by atoms with E-state index in [-0.39, 0.29) is 33.3 Å². The van der Waals surface area contributed by atoms with Crippen LogP contribution in [0.25, 0.3) is 11.2 Å². The summed E-state index contributed by atoms with van der Waals surface area (Å²) in [5.74, 6) is 0. The lowest BCUT2D eigenvalue weighted by molar-refractivity contribution is -0.0913. The fraction of sp³-hybridized carbons (Fsp3) is 0.258. The molecule has 0 unspecified atom stereocenters. The highest BCUT2D eigenvalue weighted by Gasteiger charge is 2.47. The first-order chi connectivity index (χ1) is 20.2. The minimum atomic E-state index is -0.348. The smallest absolute Gasteiger partial charge is 0.225 e. The lowest BCUT2D eigenvalue weighted by atomic mass is 10.1. The first-order valence-electron chi connectivity index (χ1n) is 13.3. The molecule has 1 aliphatic heterocycles. The van der Waals surface area contributed by atoms with Crippen molar-refractivity contribution in [3.63, 3.8) is 0 Å². The van der Waals surface area contributed by atoms with E-state index in [0.717, 1.165) is 16.7 Å². The van der Waals surface area contributed by atoms with Gasteiger partial charge < -0.3 is 14.2 Å². The van der Waals surface area contributed by atoms with Gasteiger partial charge in [0.15, 0.2) is 10.8 Å².